The summed E-state index contributed by atoms with van der Waals surface area (Å²) in [5, 5.41) is 9.09. The summed E-state index contributed by atoms with van der Waals surface area (Å²) < 4.78 is 5.37. The highest BCUT2D eigenvalue weighted by molar-refractivity contribution is 5.62. The van der Waals surface area contributed by atoms with Crippen LogP contribution in [0, 0.1) is 0 Å². The Hall–Kier alpha value is -1.50. The molecule has 1 aromatic rings. The number of hydrogen-bond donors (Lipinski definition) is 2. The zero-order valence-electron chi connectivity index (χ0n) is 15.4. The number of rotatable bonds is 5. The second-order valence-electron chi connectivity index (χ2n) is 7.10. The number of hydrogen-bond acceptors (Lipinski definition) is 6. The molecule has 2 fully saturated rings. The maximum atomic E-state index is 9.09. The highest BCUT2D eigenvalue weighted by Gasteiger charge is 2.26. The predicted octanol–water partition coefficient (Wildman–Crippen LogP) is 1.25. The monoisotopic (exact) mass is 348 g/mol. The zero-order valence-corrected chi connectivity index (χ0v) is 15.4. The first-order valence-corrected chi connectivity index (χ1v) is 9.47. The number of anilines is 2. The number of methoxy groups -OCH3 is 1. The quantitative estimate of drug-likeness (QED) is 0.781. The van der Waals surface area contributed by atoms with Gasteiger partial charge in [0.1, 0.15) is 5.75 Å². The van der Waals surface area contributed by atoms with E-state index < -0.39 is 0 Å². The molecule has 6 nitrogen and oxygen atoms in total. The van der Waals surface area contributed by atoms with Gasteiger partial charge in [0.05, 0.1) is 19.4 Å². The molecule has 2 aliphatic heterocycles. The number of nitrogens with two attached hydrogens (primary N) is 1. The normalized spacial score (nSPS) is 21.3. The van der Waals surface area contributed by atoms with Crippen molar-refractivity contribution in [3.8, 4) is 5.75 Å². The molecule has 0 bridgehead atoms. The van der Waals surface area contributed by atoms with E-state index >= 15 is 0 Å². The zero-order chi connectivity index (χ0) is 17.6. The Morgan fingerprint density at radius 3 is 2.64 bits per heavy atom. The molecule has 2 heterocycles. The van der Waals surface area contributed by atoms with Gasteiger partial charge in [0.25, 0.3) is 0 Å². The Morgan fingerprint density at radius 1 is 1.12 bits per heavy atom. The molecule has 2 saturated heterocycles. The van der Waals surface area contributed by atoms with Crippen LogP contribution in [0.2, 0.25) is 0 Å². The van der Waals surface area contributed by atoms with Gasteiger partial charge in [-0.2, -0.15) is 0 Å². The van der Waals surface area contributed by atoms with Crippen LogP contribution in [0.4, 0.5) is 11.4 Å². The van der Waals surface area contributed by atoms with Gasteiger partial charge in [0, 0.05) is 50.5 Å². The topological polar surface area (TPSA) is 65.2 Å². The lowest BCUT2D eigenvalue weighted by Crippen LogP contribution is -2.46. The molecular formula is C19H32N4O2. The van der Waals surface area contributed by atoms with Crippen molar-refractivity contribution >= 4 is 11.4 Å². The number of nitrogens with zero attached hydrogens (tertiary/aromatic N) is 3. The molecule has 6 heteroatoms. The summed E-state index contributed by atoms with van der Waals surface area (Å²) in [6, 6.07) is 6.78. The van der Waals surface area contributed by atoms with Crippen molar-refractivity contribution in [2.24, 2.45) is 0 Å². The van der Waals surface area contributed by atoms with Crippen molar-refractivity contribution in [2.75, 3.05) is 70.2 Å². The summed E-state index contributed by atoms with van der Waals surface area (Å²) in [6.07, 6.45) is 3.62. The van der Waals surface area contributed by atoms with Crippen LogP contribution in [0.25, 0.3) is 0 Å². The highest BCUT2D eigenvalue weighted by atomic mass is 16.5. The number of ether oxygens (including phenoxy) is 1. The highest BCUT2D eigenvalue weighted by Crippen LogP contribution is 2.28. The van der Waals surface area contributed by atoms with Gasteiger partial charge in [-0.15, -0.1) is 0 Å². The number of aliphatic hydroxyl groups is 1. The number of nitrogen functional groups attached to an aromatic ring is 1. The number of β-amino-alcohol motifs (C(OH)–C–C–N with tert-alkyl or cyclic N) is 1. The van der Waals surface area contributed by atoms with Crippen molar-refractivity contribution in [3.63, 3.8) is 0 Å². The summed E-state index contributed by atoms with van der Waals surface area (Å²) in [7, 11) is 1.67. The molecule has 0 unspecified atom stereocenters. The van der Waals surface area contributed by atoms with Crippen molar-refractivity contribution in [1.82, 2.24) is 9.80 Å². The molecule has 25 heavy (non-hydrogen) atoms. The van der Waals surface area contributed by atoms with E-state index in [1.165, 1.54) is 31.5 Å². The van der Waals surface area contributed by atoms with Crippen LogP contribution in [0.15, 0.2) is 18.2 Å². The van der Waals surface area contributed by atoms with E-state index in [2.05, 4.69) is 26.8 Å². The lowest BCUT2D eigenvalue weighted by molar-refractivity contribution is 0.100. The smallest absolute Gasteiger partial charge is 0.143 e. The average molecular weight is 348 g/mol. The average Bonchev–Trinajstić information content (AvgIpc) is 2.89. The third kappa shape index (κ3) is 4.57. The fraction of sp³-hybridized carbons (Fsp3) is 0.684. The van der Waals surface area contributed by atoms with Gasteiger partial charge in [-0.05, 0) is 44.5 Å². The molecule has 140 valence electrons. The molecule has 0 aliphatic carbocycles. The second-order valence-corrected chi connectivity index (χ2v) is 7.10. The van der Waals surface area contributed by atoms with E-state index in [0.29, 0.717) is 11.7 Å². The minimum atomic E-state index is 0.272. The van der Waals surface area contributed by atoms with E-state index in [1.807, 2.05) is 6.07 Å². The summed E-state index contributed by atoms with van der Waals surface area (Å²) in [6.45, 7) is 7.72. The maximum Gasteiger partial charge on any atom is 0.143 e. The number of aliphatic hydroxyl groups excluding tert-OH is 1. The molecule has 3 N–H and O–H groups in total. The van der Waals surface area contributed by atoms with Crippen LogP contribution in [0.3, 0.4) is 0 Å². The molecular weight excluding hydrogens is 316 g/mol. The van der Waals surface area contributed by atoms with Gasteiger partial charge >= 0.3 is 0 Å². The molecule has 0 saturated carbocycles. The summed E-state index contributed by atoms with van der Waals surface area (Å²) in [5.41, 5.74) is 7.83. The van der Waals surface area contributed by atoms with Crippen molar-refractivity contribution in [1.29, 1.82) is 0 Å². The lowest BCUT2D eigenvalue weighted by Gasteiger charge is -2.38. The minimum Gasteiger partial charge on any atom is -0.495 e. The second kappa shape index (κ2) is 8.74. The Kier molecular flexibility index (Phi) is 6.39. The van der Waals surface area contributed by atoms with Crippen LogP contribution in [0.5, 0.6) is 5.75 Å². The molecule has 0 radical (unpaired) electrons. The van der Waals surface area contributed by atoms with Gasteiger partial charge in [-0.3, -0.25) is 4.90 Å². The molecule has 2 aliphatic rings. The van der Waals surface area contributed by atoms with E-state index in [0.717, 1.165) is 45.0 Å². The van der Waals surface area contributed by atoms with E-state index in [1.54, 1.807) is 7.11 Å². The minimum absolute atomic E-state index is 0.272. The molecule has 1 aromatic carbocycles. The Bertz CT molecular complexity index is 546. The van der Waals surface area contributed by atoms with Crippen molar-refractivity contribution in [3.05, 3.63) is 18.2 Å². The van der Waals surface area contributed by atoms with E-state index in [9.17, 15) is 0 Å². The summed E-state index contributed by atoms with van der Waals surface area (Å²) >= 11 is 0. The summed E-state index contributed by atoms with van der Waals surface area (Å²) in [5.74, 6) is 0.759. The third-order valence-electron chi connectivity index (χ3n) is 5.60. The Balaban J connectivity index is 1.56. The number of likely N-dealkylation sites (tertiary alicyclic amines) is 1. The number of benzene rings is 1. The third-order valence-corrected chi connectivity index (χ3v) is 5.60. The lowest BCUT2D eigenvalue weighted by atomic mass is 10.0. The van der Waals surface area contributed by atoms with Crippen molar-refractivity contribution < 1.29 is 9.84 Å². The first-order chi connectivity index (χ1) is 12.2. The molecule has 0 aromatic heterocycles. The number of piperidine rings is 1. The molecule has 0 spiro atoms. The standard InChI is InChI=1S/C19H32N4O2/c1-25-19-15-17(3-4-18(19)20)23-8-2-7-22(11-12-23)16-5-9-21(10-6-16)13-14-24/h3-4,15-16,24H,2,5-14,20H2,1H3. The predicted molar refractivity (Wildman–Crippen MR) is 102 cm³/mol. The Morgan fingerprint density at radius 2 is 1.92 bits per heavy atom. The summed E-state index contributed by atoms with van der Waals surface area (Å²) in [4.78, 5) is 7.49. The van der Waals surface area contributed by atoms with Crippen LogP contribution in [-0.4, -0.2) is 80.5 Å². The fourth-order valence-electron chi connectivity index (χ4n) is 4.11. The molecule has 0 amide bonds. The van der Waals surface area contributed by atoms with Gasteiger partial charge in [0.15, 0.2) is 0 Å². The molecule has 0 atom stereocenters. The van der Waals surface area contributed by atoms with Crippen LogP contribution < -0.4 is 15.4 Å². The first-order valence-electron chi connectivity index (χ1n) is 9.47. The fourth-order valence-corrected chi connectivity index (χ4v) is 4.11. The van der Waals surface area contributed by atoms with Crippen LogP contribution in [-0.2, 0) is 0 Å². The molecule has 3 rings (SSSR count). The Labute approximate surface area is 151 Å². The van der Waals surface area contributed by atoms with Crippen LogP contribution >= 0.6 is 0 Å². The van der Waals surface area contributed by atoms with Gasteiger partial charge in [-0.1, -0.05) is 0 Å². The largest absolute Gasteiger partial charge is 0.495 e. The van der Waals surface area contributed by atoms with Crippen molar-refractivity contribution in [2.45, 2.75) is 25.3 Å². The van der Waals surface area contributed by atoms with Gasteiger partial charge in [0.2, 0.25) is 0 Å². The van der Waals surface area contributed by atoms with E-state index in [4.69, 9.17) is 15.6 Å². The van der Waals surface area contributed by atoms with Crippen LogP contribution in [0.1, 0.15) is 19.3 Å². The SMILES string of the molecule is COc1cc(N2CCCN(C3CCN(CCO)CC3)CC2)ccc1N. The van der Waals surface area contributed by atoms with Gasteiger partial charge < -0.3 is 25.4 Å². The van der Waals surface area contributed by atoms with E-state index in [-0.39, 0.29) is 6.61 Å². The van der Waals surface area contributed by atoms with Gasteiger partial charge in [-0.25, -0.2) is 0 Å². The first kappa shape index (κ1) is 18.3. The maximum absolute atomic E-state index is 9.09.